The maximum Gasteiger partial charge on any atom is 0.332 e. The molecule has 0 bridgehead atoms. The van der Waals surface area contributed by atoms with Crippen LogP contribution < -0.4 is 5.32 Å². The lowest BCUT2D eigenvalue weighted by atomic mass is 10.2. The number of carbonyl (C=O) groups is 2. The van der Waals surface area contributed by atoms with Crippen molar-refractivity contribution in [3.05, 3.63) is 29.6 Å². The highest BCUT2D eigenvalue weighted by Crippen LogP contribution is 2.03. The van der Waals surface area contributed by atoms with Crippen LogP contribution >= 0.6 is 0 Å². The third-order valence-corrected chi connectivity index (χ3v) is 2.24. The van der Waals surface area contributed by atoms with E-state index in [0.717, 1.165) is 0 Å². The van der Waals surface area contributed by atoms with E-state index in [4.69, 9.17) is 10.2 Å². The van der Waals surface area contributed by atoms with Crippen molar-refractivity contribution in [1.82, 2.24) is 10.3 Å². The summed E-state index contributed by atoms with van der Waals surface area (Å²) < 4.78 is 0. The van der Waals surface area contributed by atoms with E-state index in [-0.39, 0.29) is 18.9 Å². The lowest BCUT2D eigenvalue weighted by Gasteiger charge is -2.08. The number of aliphatic carboxylic acids is 1. The zero-order chi connectivity index (χ0) is 12.8. The van der Waals surface area contributed by atoms with Crippen LogP contribution in [-0.2, 0) is 4.79 Å². The van der Waals surface area contributed by atoms with Crippen molar-refractivity contribution >= 4 is 11.9 Å². The summed E-state index contributed by atoms with van der Waals surface area (Å²) in [7, 11) is 0. The molecule has 0 spiro atoms. The Labute approximate surface area is 98.3 Å². The first kappa shape index (κ1) is 13.1. The number of nitrogens with zero attached hydrogens (tertiary/aromatic N) is 1. The predicted octanol–water partition coefficient (Wildman–Crippen LogP) is -0.0446. The van der Waals surface area contributed by atoms with Crippen LogP contribution in [0.5, 0.6) is 0 Å². The van der Waals surface area contributed by atoms with Crippen molar-refractivity contribution in [2.24, 2.45) is 0 Å². The number of carboxylic acids is 1. The minimum atomic E-state index is -1.45. The molecule has 1 heterocycles. The second-order valence-corrected chi connectivity index (χ2v) is 3.53. The number of aromatic nitrogens is 1. The fourth-order valence-corrected chi connectivity index (χ4v) is 1.27. The van der Waals surface area contributed by atoms with Gasteiger partial charge in [0.15, 0.2) is 6.10 Å². The van der Waals surface area contributed by atoms with E-state index in [9.17, 15) is 9.59 Å². The van der Waals surface area contributed by atoms with Gasteiger partial charge in [-0.2, -0.15) is 0 Å². The van der Waals surface area contributed by atoms with Gasteiger partial charge in [0.2, 0.25) is 0 Å². The second-order valence-electron chi connectivity index (χ2n) is 3.53. The van der Waals surface area contributed by atoms with Gasteiger partial charge < -0.3 is 15.5 Å². The van der Waals surface area contributed by atoms with Crippen molar-refractivity contribution in [3.8, 4) is 0 Å². The highest BCUT2D eigenvalue weighted by Gasteiger charge is 2.14. The molecule has 17 heavy (non-hydrogen) atoms. The standard InChI is InChI=1S/C11H14N2O4/c1-7-8(3-2-5-12-7)10(15)13-6-4-9(14)11(16)17/h2-3,5,9,14H,4,6H2,1H3,(H,13,15)(H,16,17). The maximum atomic E-state index is 11.6. The van der Waals surface area contributed by atoms with Gasteiger partial charge in [-0.05, 0) is 19.1 Å². The Balaban J connectivity index is 2.46. The molecule has 1 atom stereocenters. The fourth-order valence-electron chi connectivity index (χ4n) is 1.27. The van der Waals surface area contributed by atoms with Crippen molar-refractivity contribution in [2.75, 3.05) is 6.54 Å². The topological polar surface area (TPSA) is 99.5 Å². The quantitative estimate of drug-likeness (QED) is 0.668. The number of hydrogen-bond acceptors (Lipinski definition) is 4. The molecular weight excluding hydrogens is 224 g/mol. The average molecular weight is 238 g/mol. The number of carboxylic acid groups (broad SMARTS) is 1. The number of aliphatic hydroxyl groups excluding tert-OH is 1. The van der Waals surface area contributed by atoms with Gasteiger partial charge in [0, 0.05) is 24.9 Å². The Hall–Kier alpha value is -1.95. The lowest BCUT2D eigenvalue weighted by Crippen LogP contribution is -2.30. The van der Waals surface area contributed by atoms with E-state index in [0.29, 0.717) is 11.3 Å². The average Bonchev–Trinajstić information content (AvgIpc) is 2.29. The zero-order valence-corrected chi connectivity index (χ0v) is 9.38. The monoisotopic (exact) mass is 238 g/mol. The first-order valence-corrected chi connectivity index (χ1v) is 5.13. The molecule has 0 aliphatic heterocycles. The van der Waals surface area contributed by atoms with Gasteiger partial charge in [-0.1, -0.05) is 0 Å². The zero-order valence-electron chi connectivity index (χ0n) is 9.38. The van der Waals surface area contributed by atoms with Crippen LogP contribution in [0.3, 0.4) is 0 Å². The Morgan fingerprint density at radius 3 is 2.82 bits per heavy atom. The summed E-state index contributed by atoms with van der Waals surface area (Å²) in [6, 6.07) is 3.28. The van der Waals surface area contributed by atoms with Gasteiger partial charge >= 0.3 is 5.97 Å². The van der Waals surface area contributed by atoms with E-state index < -0.39 is 12.1 Å². The normalized spacial score (nSPS) is 11.9. The number of hydrogen-bond donors (Lipinski definition) is 3. The Kier molecular flexibility index (Phi) is 4.59. The Morgan fingerprint density at radius 1 is 1.53 bits per heavy atom. The van der Waals surface area contributed by atoms with Gasteiger partial charge in [0.1, 0.15) is 0 Å². The molecule has 6 nitrogen and oxygen atoms in total. The summed E-state index contributed by atoms with van der Waals surface area (Å²) in [6.45, 7) is 1.81. The molecule has 1 amide bonds. The lowest BCUT2D eigenvalue weighted by molar-refractivity contribution is -0.146. The van der Waals surface area contributed by atoms with Gasteiger partial charge in [0.05, 0.1) is 5.56 Å². The summed E-state index contributed by atoms with van der Waals surface area (Å²) in [5.74, 6) is -1.62. The minimum absolute atomic E-state index is 0.0274. The number of nitrogens with one attached hydrogen (secondary N) is 1. The van der Waals surface area contributed by atoms with Crippen molar-refractivity contribution in [2.45, 2.75) is 19.4 Å². The molecule has 0 aliphatic carbocycles. The predicted molar refractivity (Wildman–Crippen MR) is 59.6 cm³/mol. The second kappa shape index (κ2) is 5.95. The van der Waals surface area contributed by atoms with E-state index in [1.54, 1.807) is 25.3 Å². The smallest absolute Gasteiger partial charge is 0.332 e. The molecule has 1 rings (SSSR count). The van der Waals surface area contributed by atoms with Gasteiger partial charge in [0.25, 0.3) is 5.91 Å². The molecule has 0 saturated carbocycles. The number of amides is 1. The molecule has 0 aliphatic rings. The third-order valence-electron chi connectivity index (χ3n) is 2.24. The number of pyridine rings is 1. The summed E-state index contributed by atoms with van der Waals surface area (Å²) in [5.41, 5.74) is 1.04. The minimum Gasteiger partial charge on any atom is -0.479 e. The summed E-state index contributed by atoms with van der Waals surface area (Å²) in [5, 5.41) is 20.0. The van der Waals surface area contributed by atoms with Crippen LogP contribution in [0.25, 0.3) is 0 Å². The third kappa shape index (κ3) is 3.84. The molecule has 3 N–H and O–H groups in total. The van der Waals surface area contributed by atoms with Crippen LogP contribution in [0.15, 0.2) is 18.3 Å². The summed E-state index contributed by atoms with van der Waals surface area (Å²) in [6.07, 6.45) is 0.103. The molecule has 1 aromatic rings. The fraction of sp³-hybridized carbons (Fsp3) is 0.364. The van der Waals surface area contributed by atoms with E-state index in [1.807, 2.05) is 0 Å². The van der Waals surface area contributed by atoms with Crippen LogP contribution in [-0.4, -0.2) is 39.7 Å². The molecule has 92 valence electrons. The van der Waals surface area contributed by atoms with Crippen LogP contribution in [0.4, 0.5) is 0 Å². The Morgan fingerprint density at radius 2 is 2.24 bits per heavy atom. The molecule has 1 unspecified atom stereocenters. The van der Waals surface area contributed by atoms with Gasteiger partial charge in [-0.25, -0.2) is 4.79 Å². The first-order valence-electron chi connectivity index (χ1n) is 5.13. The van der Waals surface area contributed by atoms with E-state index in [2.05, 4.69) is 10.3 Å². The molecule has 1 aromatic heterocycles. The summed E-state index contributed by atoms with van der Waals surface area (Å²) >= 11 is 0. The van der Waals surface area contributed by atoms with Crippen LogP contribution in [0, 0.1) is 6.92 Å². The maximum absolute atomic E-state index is 11.6. The number of aliphatic hydroxyl groups is 1. The molecule has 0 saturated heterocycles. The van der Waals surface area contributed by atoms with Crippen molar-refractivity contribution in [1.29, 1.82) is 0 Å². The highest BCUT2D eigenvalue weighted by atomic mass is 16.4. The largest absolute Gasteiger partial charge is 0.479 e. The van der Waals surface area contributed by atoms with Gasteiger partial charge in [-0.3, -0.25) is 9.78 Å². The number of aryl methyl sites for hydroxylation is 1. The van der Waals surface area contributed by atoms with Crippen molar-refractivity contribution in [3.63, 3.8) is 0 Å². The first-order chi connectivity index (χ1) is 8.02. The molecule has 6 heteroatoms. The SMILES string of the molecule is Cc1ncccc1C(=O)NCCC(O)C(=O)O. The number of rotatable bonds is 5. The number of carbonyl (C=O) groups excluding carboxylic acids is 1. The Bertz CT molecular complexity index is 420. The molecule has 0 aromatic carbocycles. The molecule has 0 radical (unpaired) electrons. The summed E-state index contributed by atoms with van der Waals surface area (Å²) in [4.78, 5) is 25.9. The van der Waals surface area contributed by atoms with Gasteiger partial charge in [-0.15, -0.1) is 0 Å². The van der Waals surface area contributed by atoms with Crippen LogP contribution in [0.1, 0.15) is 22.5 Å². The van der Waals surface area contributed by atoms with E-state index in [1.165, 1.54) is 0 Å². The molecule has 0 fully saturated rings. The van der Waals surface area contributed by atoms with E-state index >= 15 is 0 Å². The highest BCUT2D eigenvalue weighted by molar-refractivity contribution is 5.95. The van der Waals surface area contributed by atoms with Crippen LogP contribution in [0.2, 0.25) is 0 Å². The van der Waals surface area contributed by atoms with Crippen molar-refractivity contribution < 1.29 is 19.8 Å². The molecular formula is C11H14N2O4.